The normalized spacial score (nSPS) is 13.8. The molecule has 1 nitrogen and oxygen atoms in total. The van der Waals surface area contributed by atoms with Gasteiger partial charge in [0.25, 0.3) is 0 Å². The molecule has 0 aliphatic heterocycles. The molecular formula is C23H35NS. The van der Waals surface area contributed by atoms with Crippen LogP contribution < -0.4 is 0 Å². The van der Waals surface area contributed by atoms with Gasteiger partial charge in [-0.05, 0) is 59.3 Å². The smallest absolute Gasteiger partial charge is 0.0708 e. The summed E-state index contributed by atoms with van der Waals surface area (Å²) in [4.78, 5) is 6.29. The summed E-state index contributed by atoms with van der Waals surface area (Å²) in [5.41, 5.74) is 6.74. The van der Waals surface area contributed by atoms with E-state index in [2.05, 4.69) is 97.7 Å². The quantitative estimate of drug-likeness (QED) is 0.582. The fourth-order valence-electron chi connectivity index (χ4n) is 3.08. The van der Waals surface area contributed by atoms with Crippen molar-refractivity contribution < 1.29 is 0 Å². The number of nitrogens with zero attached hydrogens (tertiary/aromatic N) is 1. The van der Waals surface area contributed by atoms with Crippen LogP contribution >= 0.6 is 10.0 Å². The van der Waals surface area contributed by atoms with Crippen molar-refractivity contribution in [1.82, 2.24) is 4.98 Å². The second kappa shape index (κ2) is 6.46. The monoisotopic (exact) mass is 357 g/mol. The highest BCUT2D eigenvalue weighted by Crippen LogP contribution is 2.50. The minimum atomic E-state index is -0.814. The fourth-order valence-corrected chi connectivity index (χ4v) is 4.48. The average molecular weight is 358 g/mol. The van der Waals surface area contributed by atoms with Crippen molar-refractivity contribution in [2.45, 2.75) is 64.2 Å². The molecule has 0 unspecified atom stereocenters. The molecular weight excluding hydrogens is 322 g/mol. The van der Waals surface area contributed by atoms with Crippen molar-refractivity contribution in [3.05, 3.63) is 47.2 Å². The highest BCUT2D eigenvalue weighted by atomic mass is 32.3. The van der Waals surface area contributed by atoms with E-state index in [1.165, 1.54) is 27.1 Å². The SMILES string of the molecule is Cc1cc(C(C)(C)C)ccc1-c1cc(C(C)(C)C)c(S(C)(C)C)cn1. The summed E-state index contributed by atoms with van der Waals surface area (Å²) in [6.07, 6.45) is 9.18. The van der Waals surface area contributed by atoms with Crippen LogP contribution in [0.5, 0.6) is 0 Å². The van der Waals surface area contributed by atoms with Gasteiger partial charge in [-0.3, -0.25) is 4.98 Å². The first-order valence-electron chi connectivity index (χ1n) is 9.01. The van der Waals surface area contributed by atoms with Crippen LogP contribution in [0.3, 0.4) is 0 Å². The van der Waals surface area contributed by atoms with Crippen LogP contribution in [0, 0.1) is 6.92 Å². The van der Waals surface area contributed by atoms with Crippen LogP contribution in [-0.2, 0) is 10.8 Å². The molecule has 0 saturated heterocycles. The number of aryl methyl sites for hydroxylation is 1. The number of hydrogen-bond acceptors (Lipinski definition) is 1. The molecule has 2 heteroatoms. The standard InChI is InChI=1S/C23H35NS/c1-16-13-17(22(2,3)4)11-12-18(16)20-14-19(23(5,6)7)21(15-24-20)25(8,9)10/h11-15H,1-10H3. The molecule has 1 aromatic carbocycles. The predicted octanol–water partition coefficient (Wildman–Crippen LogP) is 6.70. The van der Waals surface area contributed by atoms with Gasteiger partial charge in [0.05, 0.1) is 5.69 Å². The van der Waals surface area contributed by atoms with E-state index >= 15 is 0 Å². The number of pyridine rings is 1. The first-order valence-corrected chi connectivity index (χ1v) is 11.9. The molecule has 0 radical (unpaired) electrons. The highest BCUT2D eigenvalue weighted by Gasteiger charge is 2.24. The summed E-state index contributed by atoms with van der Waals surface area (Å²) in [6.45, 7) is 15.9. The van der Waals surface area contributed by atoms with Crippen molar-refractivity contribution in [1.29, 1.82) is 0 Å². The van der Waals surface area contributed by atoms with Crippen LogP contribution in [0.15, 0.2) is 35.4 Å². The molecule has 0 N–H and O–H groups in total. The van der Waals surface area contributed by atoms with Gasteiger partial charge < -0.3 is 0 Å². The molecule has 1 aromatic heterocycles. The van der Waals surface area contributed by atoms with Gasteiger partial charge in [-0.25, -0.2) is 10.0 Å². The van der Waals surface area contributed by atoms with Crippen LogP contribution in [0.25, 0.3) is 11.3 Å². The van der Waals surface area contributed by atoms with Crippen molar-refractivity contribution in [2.24, 2.45) is 0 Å². The Morgan fingerprint density at radius 2 is 1.44 bits per heavy atom. The Morgan fingerprint density at radius 3 is 1.88 bits per heavy atom. The molecule has 0 atom stereocenters. The fraction of sp³-hybridized carbons (Fsp3) is 0.522. The van der Waals surface area contributed by atoms with E-state index in [-0.39, 0.29) is 10.8 Å². The maximum Gasteiger partial charge on any atom is 0.0708 e. The van der Waals surface area contributed by atoms with Crippen LogP contribution in [0.4, 0.5) is 0 Å². The number of benzene rings is 1. The molecule has 1 heterocycles. The zero-order valence-electron chi connectivity index (χ0n) is 17.7. The second-order valence-corrected chi connectivity index (χ2v) is 14.0. The third kappa shape index (κ3) is 4.47. The maximum atomic E-state index is 4.86. The minimum absolute atomic E-state index is 0.118. The van der Waals surface area contributed by atoms with Crippen LogP contribution in [0.2, 0.25) is 0 Å². The van der Waals surface area contributed by atoms with Gasteiger partial charge in [-0.2, -0.15) is 0 Å². The lowest BCUT2D eigenvalue weighted by atomic mass is 9.84. The molecule has 0 amide bonds. The number of hydrogen-bond donors (Lipinski definition) is 0. The van der Waals surface area contributed by atoms with Gasteiger partial charge >= 0.3 is 0 Å². The molecule has 0 saturated carbocycles. The lowest BCUT2D eigenvalue weighted by Gasteiger charge is -2.33. The first kappa shape index (κ1) is 20.0. The minimum Gasteiger partial charge on any atom is -0.255 e. The van der Waals surface area contributed by atoms with Crippen molar-refractivity contribution in [3.8, 4) is 11.3 Å². The summed E-state index contributed by atoms with van der Waals surface area (Å²) < 4.78 is 0. The maximum absolute atomic E-state index is 4.86. The lowest BCUT2D eigenvalue weighted by Crippen LogP contribution is -2.16. The predicted molar refractivity (Wildman–Crippen MR) is 115 cm³/mol. The van der Waals surface area contributed by atoms with Gasteiger partial charge in [0.1, 0.15) is 0 Å². The van der Waals surface area contributed by atoms with Crippen LogP contribution in [-0.4, -0.2) is 23.8 Å². The van der Waals surface area contributed by atoms with Crippen molar-refractivity contribution >= 4 is 10.0 Å². The zero-order chi connectivity index (χ0) is 19.2. The van der Waals surface area contributed by atoms with E-state index in [1.807, 2.05) is 0 Å². The van der Waals surface area contributed by atoms with E-state index in [1.54, 1.807) is 0 Å². The summed E-state index contributed by atoms with van der Waals surface area (Å²) in [6, 6.07) is 9.14. The zero-order valence-corrected chi connectivity index (χ0v) is 18.6. The molecule has 138 valence electrons. The Morgan fingerprint density at radius 1 is 0.840 bits per heavy atom. The molecule has 2 aromatic rings. The van der Waals surface area contributed by atoms with E-state index in [0.29, 0.717) is 0 Å². The Labute approximate surface area is 156 Å². The molecule has 2 rings (SSSR count). The summed E-state index contributed by atoms with van der Waals surface area (Å²) in [7, 11) is -0.814. The van der Waals surface area contributed by atoms with Crippen LogP contribution in [0.1, 0.15) is 58.2 Å². The second-order valence-electron chi connectivity index (χ2n) is 9.93. The van der Waals surface area contributed by atoms with E-state index in [4.69, 9.17) is 4.98 Å². The molecule has 0 aliphatic rings. The first-order chi connectivity index (χ1) is 11.2. The molecule has 0 aliphatic carbocycles. The van der Waals surface area contributed by atoms with Crippen molar-refractivity contribution in [3.63, 3.8) is 0 Å². The summed E-state index contributed by atoms with van der Waals surface area (Å²) >= 11 is 0. The Balaban J connectivity index is 2.62. The largest absolute Gasteiger partial charge is 0.255 e. The molecule has 25 heavy (non-hydrogen) atoms. The van der Waals surface area contributed by atoms with Gasteiger partial charge in [0.2, 0.25) is 0 Å². The Hall–Kier alpha value is -1.28. The topological polar surface area (TPSA) is 12.9 Å². The average Bonchev–Trinajstić information content (AvgIpc) is 2.43. The van der Waals surface area contributed by atoms with Gasteiger partial charge in [0, 0.05) is 16.7 Å². The van der Waals surface area contributed by atoms with Gasteiger partial charge in [-0.15, -0.1) is 0 Å². The van der Waals surface area contributed by atoms with E-state index in [9.17, 15) is 0 Å². The molecule has 0 fully saturated rings. The van der Waals surface area contributed by atoms with Gasteiger partial charge in [-0.1, -0.05) is 59.7 Å². The van der Waals surface area contributed by atoms with E-state index < -0.39 is 10.0 Å². The molecule has 0 bridgehead atoms. The van der Waals surface area contributed by atoms with Crippen molar-refractivity contribution in [2.75, 3.05) is 18.8 Å². The third-order valence-corrected chi connectivity index (χ3v) is 6.35. The summed E-state index contributed by atoms with van der Waals surface area (Å²) in [5, 5.41) is 0. The van der Waals surface area contributed by atoms with Gasteiger partial charge in [0.15, 0.2) is 0 Å². The third-order valence-electron chi connectivity index (χ3n) is 4.70. The summed E-state index contributed by atoms with van der Waals surface area (Å²) in [5.74, 6) is 0. The molecule has 0 spiro atoms. The Bertz CT molecular complexity index is 768. The Kier molecular flexibility index (Phi) is 5.18. The number of rotatable bonds is 2. The highest BCUT2D eigenvalue weighted by molar-refractivity contribution is 8.32. The van der Waals surface area contributed by atoms with E-state index in [0.717, 1.165) is 5.69 Å². The lowest BCUT2D eigenvalue weighted by molar-refractivity contribution is 0.576. The number of aromatic nitrogens is 1.